The number of nitrogens with two attached hydrogens (primary N) is 1. The summed E-state index contributed by atoms with van der Waals surface area (Å²) in [4.78, 5) is 13.0. The molecule has 1 fully saturated rings. The molecule has 4 N–H and O–H groups in total. The molecule has 174 valence electrons. The predicted molar refractivity (Wildman–Crippen MR) is 106 cm³/mol. The van der Waals surface area contributed by atoms with Gasteiger partial charge in [0, 0.05) is 24.7 Å². The Morgan fingerprint density at radius 1 is 1.25 bits per heavy atom. The van der Waals surface area contributed by atoms with E-state index < -0.39 is 35.9 Å². The molecular weight excluding hydrogens is 437 g/mol. The summed E-state index contributed by atoms with van der Waals surface area (Å²) in [5.74, 6) is -5.21. The molecule has 0 spiro atoms. The molecule has 1 atom stereocenters. The van der Waals surface area contributed by atoms with Gasteiger partial charge >= 0.3 is 12.1 Å². The molecule has 1 aromatic heterocycles. The lowest BCUT2D eigenvalue weighted by Crippen LogP contribution is -2.53. The number of nitrogens with zero attached hydrogens (tertiary/aromatic N) is 3. The van der Waals surface area contributed by atoms with Gasteiger partial charge < -0.3 is 21.1 Å². The number of benzene rings is 1. The standard InChI is InChI=1S/C20H22F5N5O2/c1-11-7-16(27-13-3-2-6-30(9-13)18(32)19(21,22)10-26)28-29-17(11)14-5-4-12(8-15(14)31)20(23,24)25/h4-5,7-8,13,31H,2-3,6,9-10,26H2,1H3,(H,27,28)/t13-/m1/s1. The molecule has 2 heterocycles. The molecule has 32 heavy (non-hydrogen) atoms. The van der Waals surface area contributed by atoms with Crippen LogP contribution in [0.2, 0.25) is 0 Å². The number of rotatable bonds is 5. The lowest BCUT2D eigenvalue weighted by molar-refractivity contribution is -0.157. The number of hydrogen-bond acceptors (Lipinski definition) is 6. The van der Waals surface area contributed by atoms with Crippen LogP contribution >= 0.6 is 0 Å². The summed E-state index contributed by atoms with van der Waals surface area (Å²) in [5, 5.41) is 21.1. The van der Waals surface area contributed by atoms with E-state index in [0.29, 0.717) is 30.3 Å². The number of aromatic hydroxyl groups is 1. The highest BCUT2D eigenvalue weighted by Crippen LogP contribution is 2.37. The van der Waals surface area contributed by atoms with E-state index >= 15 is 0 Å². The molecule has 0 saturated carbocycles. The van der Waals surface area contributed by atoms with Crippen molar-refractivity contribution in [2.45, 2.75) is 37.9 Å². The van der Waals surface area contributed by atoms with Gasteiger partial charge in [-0.05, 0) is 49.6 Å². The van der Waals surface area contributed by atoms with Crippen LogP contribution in [0.4, 0.5) is 27.8 Å². The fourth-order valence-corrected chi connectivity index (χ4v) is 3.54. The van der Waals surface area contributed by atoms with Crippen molar-refractivity contribution in [3.8, 4) is 17.0 Å². The number of anilines is 1. The average Bonchev–Trinajstić information content (AvgIpc) is 2.73. The number of halogens is 5. The van der Waals surface area contributed by atoms with Crippen LogP contribution in [-0.2, 0) is 11.0 Å². The normalized spacial score (nSPS) is 17.3. The van der Waals surface area contributed by atoms with Crippen molar-refractivity contribution in [2.75, 3.05) is 25.0 Å². The van der Waals surface area contributed by atoms with E-state index in [4.69, 9.17) is 5.73 Å². The third-order valence-electron chi connectivity index (χ3n) is 5.19. The highest BCUT2D eigenvalue weighted by Gasteiger charge is 2.42. The molecule has 3 rings (SSSR count). The van der Waals surface area contributed by atoms with E-state index in [-0.39, 0.29) is 30.4 Å². The Labute approximate surface area is 180 Å². The fraction of sp³-hybridized carbons (Fsp3) is 0.450. The van der Waals surface area contributed by atoms with Gasteiger partial charge in [0.15, 0.2) is 0 Å². The van der Waals surface area contributed by atoms with Crippen molar-refractivity contribution in [2.24, 2.45) is 5.73 Å². The summed E-state index contributed by atoms with van der Waals surface area (Å²) in [6, 6.07) is 3.81. The van der Waals surface area contributed by atoms with Crippen LogP contribution in [0, 0.1) is 6.92 Å². The van der Waals surface area contributed by atoms with Crippen molar-refractivity contribution in [1.29, 1.82) is 0 Å². The molecule has 2 aromatic rings. The van der Waals surface area contributed by atoms with Crippen LogP contribution in [0.25, 0.3) is 11.3 Å². The molecule has 0 bridgehead atoms. The number of carbonyl (C=O) groups excluding carboxylic acids is 1. The van der Waals surface area contributed by atoms with Gasteiger partial charge in [0.05, 0.1) is 17.8 Å². The molecule has 0 unspecified atom stereocenters. The Hall–Kier alpha value is -3.02. The van der Waals surface area contributed by atoms with Gasteiger partial charge in [0.2, 0.25) is 0 Å². The number of aryl methyl sites for hydroxylation is 1. The summed E-state index contributed by atoms with van der Waals surface area (Å²) in [7, 11) is 0. The van der Waals surface area contributed by atoms with Gasteiger partial charge in [0.25, 0.3) is 5.91 Å². The Balaban J connectivity index is 1.74. The first kappa shape index (κ1) is 23.6. The molecule has 1 aliphatic heterocycles. The van der Waals surface area contributed by atoms with Crippen molar-refractivity contribution in [3.63, 3.8) is 0 Å². The maximum atomic E-state index is 13.6. The zero-order chi connectivity index (χ0) is 23.7. The van der Waals surface area contributed by atoms with E-state index in [2.05, 4.69) is 15.5 Å². The molecule has 12 heteroatoms. The number of phenols is 1. The first-order valence-corrected chi connectivity index (χ1v) is 9.81. The summed E-state index contributed by atoms with van der Waals surface area (Å²) < 4.78 is 65.6. The second kappa shape index (κ2) is 8.85. The second-order valence-corrected chi connectivity index (χ2v) is 7.63. The van der Waals surface area contributed by atoms with Gasteiger partial charge in [-0.2, -0.15) is 22.0 Å². The maximum absolute atomic E-state index is 13.6. The largest absolute Gasteiger partial charge is 0.507 e. The van der Waals surface area contributed by atoms with E-state index in [0.717, 1.165) is 17.0 Å². The zero-order valence-electron chi connectivity index (χ0n) is 17.1. The Morgan fingerprint density at radius 2 is 1.97 bits per heavy atom. The Bertz CT molecular complexity index is 999. The number of nitrogens with one attached hydrogen (secondary N) is 1. The van der Waals surface area contributed by atoms with E-state index in [1.165, 1.54) is 0 Å². The smallest absolute Gasteiger partial charge is 0.416 e. The number of likely N-dealkylation sites (tertiary alicyclic amines) is 1. The third kappa shape index (κ3) is 5.06. The number of phenolic OH excluding ortho intramolecular Hbond substituents is 1. The highest BCUT2D eigenvalue weighted by molar-refractivity contribution is 5.84. The molecule has 0 radical (unpaired) electrons. The summed E-state index contributed by atoms with van der Waals surface area (Å²) in [6.07, 6.45) is -3.47. The van der Waals surface area contributed by atoms with Crippen LogP contribution in [0.1, 0.15) is 24.0 Å². The first-order valence-electron chi connectivity index (χ1n) is 9.81. The van der Waals surface area contributed by atoms with E-state index in [1.807, 2.05) is 0 Å². The predicted octanol–water partition coefficient (Wildman–Crippen LogP) is 3.17. The van der Waals surface area contributed by atoms with Crippen LogP contribution < -0.4 is 11.1 Å². The molecule has 1 amide bonds. The van der Waals surface area contributed by atoms with Gasteiger partial charge in [-0.3, -0.25) is 4.79 Å². The molecular formula is C20H22F5N5O2. The van der Waals surface area contributed by atoms with Gasteiger partial charge in [-0.15, -0.1) is 10.2 Å². The van der Waals surface area contributed by atoms with E-state index in [1.54, 1.807) is 13.0 Å². The molecule has 1 aliphatic rings. The summed E-state index contributed by atoms with van der Waals surface area (Å²) in [6.45, 7) is 0.814. The average molecular weight is 459 g/mol. The zero-order valence-corrected chi connectivity index (χ0v) is 17.1. The fourth-order valence-electron chi connectivity index (χ4n) is 3.54. The van der Waals surface area contributed by atoms with E-state index in [9.17, 15) is 31.9 Å². The first-order chi connectivity index (χ1) is 14.9. The number of aromatic nitrogens is 2. The van der Waals surface area contributed by atoms with Gasteiger partial charge in [0.1, 0.15) is 11.6 Å². The number of piperidine rings is 1. The highest BCUT2D eigenvalue weighted by atomic mass is 19.4. The van der Waals surface area contributed by atoms with Gasteiger partial charge in [-0.1, -0.05) is 0 Å². The lowest BCUT2D eigenvalue weighted by atomic mass is 10.0. The minimum Gasteiger partial charge on any atom is -0.507 e. The Morgan fingerprint density at radius 3 is 2.56 bits per heavy atom. The van der Waals surface area contributed by atoms with Crippen LogP contribution in [0.15, 0.2) is 24.3 Å². The lowest BCUT2D eigenvalue weighted by Gasteiger charge is -2.35. The number of hydrogen-bond donors (Lipinski definition) is 3. The number of carbonyl (C=O) groups is 1. The number of alkyl halides is 5. The maximum Gasteiger partial charge on any atom is 0.416 e. The van der Waals surface area contributed by atoms with Crippen LogP contribution in [0.3, 0.4) is 0 Å². The monoisotopic (exact) mass is 459 g/mol. The molecule has 7 nitrogen and oxygen atoms in total. The summed E-state index contributed by atoms with van der Waals surface area (Å²) in [5.41, 5.74) is 4.81. The van der Waals surface area contributed by atoms with Crippen molar-refractivity contribution >= 4 is 11.7 Å². The minimum atomic E-state index is -4.59. The Kier molecular flexibility index (Phi) is 6.54. The van der Waals surface area contributed by atoms with Crippen LogP contribution in [0.5, 0.6) is 5.75 Å². The second-order valence-electron chi connectivity index (χ2n) is 7.63. The molecule has 1 aromatic carbocycles. The van der Waals surface area contributed by atoms with Crippen molar-refractivity contribution in [3.05, 3.63) is 35.4 Å². The summed E-state index contributed by atoms with van der Waals surface area (Å²) >= 11 is 0. The SMILES string of the molecule is Cc1cc(N[C@@H]2CCCN(C(=O)C(F)(F)CN)C2)nnc1-c1ccc(C(F)(F)F)cc1O. The molecule has 0 aliphatic carbocycles. The third-order valence-corrected chi connectivity index (χ3v) is 5.19. The van der Waals surface area contributed by atoms with Gasteiger partial charge in [-0.25, -0.2) is 0 Å². The van der Waals surface area contributed by atoms with Crippen LogP contribution in [-0.4, -0.2) is 57.7 Å². The minimum absolute atomic E-state index is 0.0383. The topological polar surface area (TPSA) is 104 Å². The quantitative estimate of drug-likeness (QED) is 0.594. The molecule has 1 saturated heterocycles. The van der Waals surface area contributed by atoms with Crippen molar-refractivity contribution in [1.82, 2.24) is 15.1 Å². The van der Waals surface area contributed by atoms with Crippen molar-refractivity contribution < 1.29 is 31.9 Å². The number of amides is 1.